The molecule has 0 bridgehead atoms. The van der Waals surface area contributed by atoms with Crippen molar-refractivity contribution in [1.82, 2.24) is 9.97 Å². The number of rotatable bonds is 2. The molecule has 5 heteroatoms. The van der Waals surface area contributed by atoms with Gasteiger partial charge in [-0.05, 0) is 35.9 Å². The van der Waals surface area contributed by atoms with Gasteiger partial charge in [-0.25, -0.2) is 9.97 Å². The molecule has 4 rings (SSSR count). The molecule has 0 aliphatic carbocycles. The van der Waals surface area contributed by atoms with Gasteiger partial charge in [0.2, 0.25) is 5.88 Å². The van der Waals surface area contributed by atoms with Crippen LogP contribution in [0, 0.1) is 0 Å². The standard InChI is InChI=1S/C15H13N3OS/c1-3-10-4-2-7-16-13(10)12(5-1)19-14-11-6-8-20-15(11)18-9-17-14/h1,3,5-6,8-9,16H,2,4,7H2. The maximum atomic E-state index is 6.04. The van der Waals surface area contributed by atoms with E-state index >= 15 is 0 Å². The Morgan fingerprint density at radius 3 is 3.20 bits per heavy atom. The first-order chi connectivity index (χ1) is 9.92. The van der Waals surface area contributed by atoms with Crippen LogP contribution in [0.4, 0.5) is 5.69 Å². The first-order valence-electron chi connectivity index (χ1n) is 6.63. The van der Waals surface area contributed by atoms with Gasteiger partial charge in [-0.15, -0.1) is 11.3 Å². The Bertz CT molecular complexity index is 769. The van der Waals surface area contributed by atoms with Gasteiger partial charge >= 0.3 is 0 Å². The van der Waals surface area contributed by atoms with Crippen molar-refractivity contribution >= 4 is 27.2 Å². The van der Waals surface area contributed by atoms with Crippen molar-refractivity contribution < 1.29 is 4.74 Å². The quantitative estimate of drug-likeness (QED) is 0.776. The van der Waals surface area contributed by atoms with Gasteiger partial charge < -0.3 is 10.1 Å². The van der Waals surface area contributed by atoms with Crippen molar-refractivity contribution in [3.05, 3.63) is 41.5 Å². The molecule has 1 N–H and O–H groups in total. The molecule has 0 saturated carbocycles. The molecule has 0 spiro atoms. The first kappa shape index (κ1) is 11.7. The molecule has 1 aromatic carbocycles. The molecular weight excluding hydrogens is 270 g/mol. The van der Waals surface area contributed by atoms with Crippen molar-refractivity contribution in [3.63, 3.8) is 0 Å². The molecule has 1 aliphatic rings. The summed E-state index contributed by atoms with van der Waals surface area (Å²) in [7, 11) is 0. The van der Waals surface area contributed by atoms with Crippen molar-refractivity contribution in [2.45, 2.75) is 12.8 Å². The van der Waals surface area contributed by atoms with E-state index in [1.807, 2.05) is 23.6 Å². The maximum Gasteiger partial charge on any atom is 0.231 e. The second-order valence-corrected chi connectivity index (χ2v) is 5.64. The van der Waals surface area contributed by atoms with E-state index in [1.165, 1.54) is 12.0 Å². The molecule has 0 unspecified atom stereocenters. The minimum Gasteiger partial charge on any atom is -0.436 e. The Morgan fingerprint density at radius 2 is 2.20 bits per heavy atom. The van der Waals surface area contributed by atoms with Crippen LogP contribution in [0.1, 0.15) is 12.0 Å². The fourth-order valence-corrected chi connectivity index (χ4v) is 3.24. The summed E-state index contributed by atoms with van der Waals surface area (Å²) in [5.41, 5.74) is 2.41. The Hall–Kier alpha value is -2.14. The summed E-state index contributed by atoms with van der Waals surface area (Å²) < 4.78 is 6.04. The Labute approximate surface area is 120 Å². The number of aromatic nitrogens is 2. The van der Waals surface area contributed by atoms with Crippen LogP contribution in [-0.2, 0) is 6.42 Å². The highest BCUT2D eigenvalue weighted by Crippen LogP contribution is 2.36. The Morgan fingerprint density at radius 1 is 1.20 bits per heavy atom. The lowest BCUT2D eigenvalue weighted by Crippen LogP contribution is -2.12. The largest absolute Gasteiger partial charge is 0.436 e. The summed E-state index contributed by atoms with van der Waals surface area (Å²) in [6.45, 7) is 0.991. The van der Waals surface area contributed by atoms with Crippen molar-refractivity contribution in [3.8, 4) is 11.6 Å². The average Bonchev–Trinajstić information content (AvgIpc) is 2.97. The number of nitrogens with one attached hydrogen (secondary N) is 1. The number of nitrogens with zero attached hydrogens (tertiary/aromatic N) is 2. The SMILES string of the molecule is c1cc2c(c(Oc3ncnc4sccc34)c1)NCCC2. The molecule has 0 amide bonds. The predicted octanol–water partition coefficient (Wildman–Crippen LogP) is 3.84. The third-order valence-corrected chi connectivity index (χ3v) is 4.29. The normalized spacial score (nSPS) is 13.8. The van der Waals surface area contributed by atoms with Gasteiger partial charge in [-0.3, -0.25) is 0 Å². The van der Waals surface area contributed by atoms with E-state index in [-0.39, 0.29) is 0 Å². The molecule has 2 aromatic heterocycles. The summed E-state index contributed by atoms with van der Waals surface area (Å²) in [4.78, 5) is 9.46. The lowest BCUT2D eigenvalue weighted by atomic mass is 10.0. The van der Waals surface area contributed by atoms with Gasteiger partial charge in [-0.1, -0.05) is 12.1 Å². The number of thiophene rings is 1. The second kappa shape index (κ2) is 4.76. The van der Waals surface area contributed by atoms with Gasteiger partial charge in [0.05, 0.1) is 11.1 Å². The molecule has 100 valence electrons. The highest BCUT2D eigenvalue weighted by Gasteiger charge is 2.15. The van der Waals surface area contributed by atoms with E-state index in [1.54, 1.807) is 17.7 Å². The third kappa shape index (κ3) is 1.91. The topological polar surface area (TPSA) is 47.0 Å². The average molecular weight is 283 g/mol. The van der Waals surface area contributed by atoms with E-state index in [0.717, 1.165) is 34.6 Å². The molecule has 0 saturated heterocycles. The highest BCUT2D eigenvalue weighted by atomic mass is 32.1. The zero-order valence-corrected chi connectivity index (χ0v) is 11.6. The number of hydrogen-bond acceptors (Lipinski definition) is 5. The number of hydrogen-bond donors (Lipinski definition) is 1. The van der Waals surface area contributed by atoms with Crippen LogP contribution in [-0.4, -0.2) is 16.5 Å². The van der Waals surface area contributed by atoms with Gasteiger partial charge in [0, 0.05) is 6.54 Å². The molecule has 0 atom stereocenters. The summed E-state index contributed by atoms with van der Waals surface area (Å²) in [6.07, 6.45) is 3.81. The monoisotopic (exact) mass is 283 g/mol. The molecule has 0 radical (unpaired) electrons. The lowest BCUT2D eigenvalue weighted by Gasteiger charge is -2.20. The fourth-order valence-electron chi connectivity index (χ4n) is 2.52. The third-order valence-electron chi connectivity index (χ3n) is 3.47. The number of para-hydroxylation sites is 1. The molecule has 0 fully saturated rings. The minimum absolute atomic E-state index is 0.622. The summed E-state index contributed by atoms with van der Waals surface area (Å²) in [5.74, 6) is 1.46. The van der Waals surface area contributed by atoms with Gasteiger partial charge in [0.25, 0.3) is 0 Å². The lowest BCUT2D eigenvalue weighted by molar-refractivity contribution is 0.468. The van der Waals surface area contributed by atoms with Crippen LogP contribution in [0.3, 0.4) is 0 Å². The molecule has 3 heterocycles. The maximum absolute atomic E-state index is 6.04. The van der Waals surface area contributed by atoms with E-state index in [2.05, 4.69) is 21.4 Å². The predicted molar refractivity (Wildman–Crippen MR) is 80.7 cm³/mol. The molecule has 1 aliphatic heterocycles. The van der Waals surface area contributed by atoms with Crippen LogP contribution in [0.15, 0.2) is 36.0 Å². The number of fused-ring (bicyclic) bond motifs is 2. The van der Waals surface area contributed by atoms with E-state index < -0.39 is 0 Å². The van der Waals surface area contributed by atoms with Crippen LogP contribution in [0.5, 0.6) is 11.6 Å². The van der Waals surface area contributed by atoms with Gasteiger partial charge in [0.15, 0.2) is 5.75 Å². The molecule has 4 nitrogen and oxygen atoms in total. The number of aryl methyl sites for hydroxylation is 1. The fraction of sp³-hybridized carbons (Fsp3) is 0.200. The smallest absolute Gasteiger partial charge is 0.231 e. The highest BCUT2D eigenvalue weighted by molar-refractivity contribution is 7.16. The minimum atomic E-state index is 0.622. The second-order valence-electron chi connectivity index (χ2n) is 4.74. The van der Waals surface area contributed by atoms with Crippen LogP contribution >= 0.6 is 11.3 Å². The number of benzene rings is 1. The number of anilines is 1. The van der Waals surface area contributed by atoms with Gasteiger partial charge in [0.1, 0.15) is 11.2 Å². The zero-order valence-electron chi connectivity index (χ0n) is 10.8. The van der Waals surface area contributed by atoms with E-state index in [0.29, 0.717) is 5.88 Å². The van der Waals surface area contributed by atoms with E-state index in [4.69, 9.17) is 4.74 Å². The molecule has 20 heavy (non-hydrogen) atoms. The Kier molecular flexibility index (Phi) is 2.77. The molecule has 3 aromatic rings. The van der Waals surface area contributed by atoms with Crippen LogP contribution in [0.2, 0.25) is 0 Å². The van der Waals surface area contributed by atoms with Crippen LogP contribution in [0.25, 0.3) is 10.2 Å². The van der Waals surface area contributed by atoms with Crippen molar-refractivity contribution in [2.75, 3.05) is 11.9 Å². The van der Waals surface area contributed by atoms with Crippen molar-refractivity contribution in [1.29, 1.82) is 0 Å². The summed E-state index contributed by atoms with van der Waals surface area (Å²) in [6, 6.07) is 8.16. The van der Waals surface area contributed by atoms with Gasteiger partial charge in [-0.2, -0.15) is 0 Å². The van der Waals surface area contributed by atoms with Crippen LogP contribution < -0.4 is 10.1 Å². The number of ether oxygens (including phenoxy) is 1. The zero-order chi connectivity index (χ0) is 13.4. The Balaban J connectivity index is 1.78. The van der Waals surface area contributed by atoms with E-state index in [9.17, 15) is 0 Å². The first-order valence-corrected chi connectivity index (χ1v) is 7.51. The molecular formula is C15H13N3OS. The van der Waals surface area contributed by atoms with Crippen molar-refractivity contribution in [2.24, 2.45) is 0 Å². The summed E-state index contributed by atoms with van der Waals surface area (Å²) >= 11 is 1.59. The summed E-state index contributed by atoms with van der Waals surface area (Å²) in [5, 5.41) is 6.40.